The minimum atomic E-state index is -2.57. The van der Waals surface area contributed by atoms with E-state index in [9.17, 15) is 13.6 Å². The molecule has 0 saturated carbocycles. The fourth-order valence-corrected chi connectivity index (χ4v) is 2.27. The number of alkyl halides is 2. The number of benzene rings is 2. The van der Waals surface area contributed by atoms with E-state index in [4.69, 9.17) is 4.74 Å². The molecule has 2 aromatic rings. The number of hydrogen-bond acceptors (Lipinski definition) is 2. The summed E-state index contributed by atoms with van der Waals surface area (Å²) in [5.74, 6) is 0.810. The zero-order valence-electron chi connectivity index (χ0n) is 13.6. The molecule has 2 amide bonds. The first-order chi connectivity index (χ1) is 11.5. The van der Waals surface area contributed by atoms with Gasteiger partial charge < -0.3 is 15.4 Å². The highest BCUT2D eigenvalue weighted by molar-refractivity contribution is 5.89. The molecule has 2 N–H and O–H groups in total. The van der Waals surface area contributed by atoms with E-state index < -0.39 is 12.5 Å². The van der Waals surface area contributed by atoms with Gasteiger partial charge in [-0.2, -0.15) is 0 Å². The van der Waals surface area contributed by atoms with Gasteiger partial charge in [-0.15, -0.1) is 0 Å². The molecule has 0 aliphatic carbocycles. The summed E-state index contributed by atoms with van der Waals surface area (Å²) in [5.41, 5.74) is 2.25. The first kappa shape index (κ1) is 17.7. The average Bonchev–Trinajstić information content (AvgIpc) is 2.54. The summed E-state index contributed by atoms with van der Waals surface area (Å²) < 4.78 is 30.9. The standard InChI is InChI=1S/C18H20F2N2O2/c1-12-5-3-6-13(2)16(12)24-10-9-21-18(23)22-15-8-4-7-14(11-15)17(19)20/h3-8,11,17H,9-10H2,1-2H3,(H2,21,22,23). The van der Waals surface area contributed by atoms with Crippen molar-refractivity contribution in [2.75, 3.05) is 18.5 Å². The minimum absolute atomic E-state index is 0.133. The van der Waals surface area contributed by atoms with Crippen LogP contribution in [-0.2, 0) is 0 Å². The van der Waals surface area contributed by atoms with Crippen molar-refractivity contribution < 1.29 is 18.3 Å². The fraction of sp³-hybridized carbons (Fsp3) is 0.278. The van der Waals surface area contributed by atoms with Gasteiger partial charge in [0.1, 0.15) is 12.4 Å². The molecule has 0 bridgehead atoms. The lowest BCUT2D eigenvalue weighted by Gasteiger charge is -2.13. The number of para-hydroxylation sites is 1. The molecule has 0 aliphatic heterocycles. The van der Waals surface area contributed by atoms with Crippen LogP contribution in [-0.4, -0.2) is 19.2 Å². The van der Waals surface area contributed by atoms with Gasteiger partial charge in [0.25, 0.3) is 6.43 Å². The first-order valence-electron chi connectivity index (χ1n) is 7.59. The summed E-state index contributed by atoms with van der Waals surface area (Å²) in [4.78, 5) is 11.8. The number of ether oxygens (including phenoxy) is 1. The second-order valence-electron chi connectivity index (χ2n) is 5.38. The number of urea groups is 1. The average molecular weight is 334 g/mol. The van der Waals surface area contributed by atoms with Crippen molar-refractivity contribution in [2.24, 2.45) is 0 Å². The number of carbonyl (C=O) groups is 1. The van der Waals surface area contributed by atoms with Crippen LogP contribution in [0.15, 0.2) is 42.5 Å². The van der Waals surface area contributed by atoms with Crippen LogP contribution in [0.3, 0.4) is 0 Å². The predicted molar refractivity (Wildman–Crippen MR) is 89.8 cm³/mol. The van der Waals surface area contributed by atoms with Gasteiger partial charge in [-0.25, -0.2) is 13.6 Å². The molecule has 2 aromatic carbocycles. The largest absolute Gasteiger partial charge is 0.491 e. The van der Waals surface area contributed by atoms with E-state index in [1.807, 2.05) is 32.0 Å². The highest BCUT2D eigenvalue weighted by Gasteiger charge is 2.08. The topological polar surface area (TPSA) is 50.4 Å². The van der Waals surface area contributed by atoms with Gasteiger partial charge in [-0.05, 0) is 37.1 Å². The molecule has 0 atom stereocenters. The molecule has 0 radical (unpaired) electrons. The summed E-state index contributed by atoms with van der Waals surface area (Å²) in [5, 5.41) is 5.15. The molecule has 0 saturated heterocycles. The van der Waals surface area contributed by atoms with Gasteiger partial charge in [0.15, 0.2) is 0 Å². The van der Waals surface area contributed by atoms with Gasteiger partial charge in [0.2, 0.25) is 0 Å². The summed E-state index contributed by atoms with van der Waals surface area (Å²) in [6.45, 7) is 4.53. The molecule has 0 spiro atoms. The predicted octanol–water partition coefficient (Wildman–Crippen LogP) is 4.44. The maximum absolute atomic E-state index is 12.6. The Balaban J connectivity index is 1.78. The van der Waals surface area contributed by atoms with Crippen molar-refractivity contribution in [3.63, 3.8) is 0 Å². The Hall–Kier alpha value is -2.63. The Morgan fingerprint density at radius 3 is 2.46 bits per heavy atom. The number of nitrogens with one attached hydrogen (secondary N) is 2. The summed E-state index contributed by atoms with van der Waals surface area (Å²) in [7, 11) is 0. The van der Waals surface area contributed by atoms with Crippen LogP contribution in [0.5, 0.6) is 5.75 Å². The number of anilines is 1. The van der Waals surface area contributed by atoms with Crippen LogP contribution in [0.1, 0.15) is 23.1 Å². The highest BCUT2D eigenvalue weighted by atomic mass is 19.3. The number of rotatable bonds is 6. The third-order valence-corrected chi connectivity index (χ3v) is 3.44. The lowest BCUT2D eigenvalue weighted by Crippen LogP contribution is -2.32. The SMILES string of the molecule is Cc1cccc(C)c1OCCNC(=O)Nc1cccc(C(F)F)c1. The Bertz CT molecular complexity index is 685. The maximum Gasteiger partial charge on any atom is 0.319 e. The third kappa shape index (κ3) is 4.94. The van der Waals surface area contributed by atoms with Crippen LogP contribution < -0.4 is 15.4 Å². The van der Waals surface area contributed by atoms with Crippen molar-refractivity contribution in [2.45, 2.75) is 20.3 Å². The number of amides is 2. The monoisotopic (exact) mass is 334 g/mol. The second-order valence-corrected chi connectivity index (χ2v) is 5.38. The van der Waals surface area contributed by atoms with Gasteiger partial charge in [-0.3, -0.25) is 0 Å². The van der Waals surface area contributed by atoms with Crippen LogP contribution in [0.25, 0.3) is 0 Å². The molecule has 0 aliphatic rings. The molecule has 4 nitrogen and oxygen atoms in total. The maximum atomic E-state index is 12.6. The zero-order valence-corrected chi connectivity index (χ0v) is 13.6. The Kier molecular flexibility index (Phi) is 6.12. The molecule has 0 aromatic heterocycles. The summed E-state index contributed by atoms with van der Waals surface area (Å²) >= 11 is 0. The molecule has 0 unspecified atom stereocenters. The lowest BCUT2D eigenvalue weighted by atomic mass is 10.1. The van der Waals surface area contributed by atoms with Crippen LogP contribution in [0.2, 0.25) is 0 Å². The number of halogens is 2. The van der Waals surface area contributed by atoms with Crippen LogP contribution in [0.4, 0.5) is 19.3 Å². The van der Waals surface area contributed by atoms with E-state index in [1.54, 1.807) is 6.07 Å². The van der Waals surface area contributed by atoms with E-state index in [0.717, 1.165) is 16.9 Å². The molecule has 128 valence electrons. The van der Waals surface area contributed by atoms with Crippen molar-refractivity contribution in [3.05, 3.63) is 59.2 Å². The van der Waals surface area contributed by atoms with Crippen molar-refractivity contribution in [3.8, 4) is 5.75 Å². The molecular weight excluding hydrogens is 314 g/mol. The highest BCUT2D eigenvalue weighted by Crippen LogP contribution is 2.22. The normalized spacial score (nSPS) is 10.5. The second kappa shape index (κ2) is 8.29. The van der Waals surface area contributed by atoms with E-state index >= 15 is 0 Å². The molecule has 24 heavy (non-hydrogen) atoms. The van der Waals surface area contributed by atoms with Gasteiger partial charge in [0, 0.05) is 11.3 Å². The Morgan fingerprint density at radius 1 is 1.12 bits per heavy atom. The zero-order chi connectivity index (χ0) is 17.5. The smallest absolute Gasteiger partial charge is 0.319 e. The molecular formula is C18H20F2N2O2. The first-order valence-corrected chi connectivity index (χ1v) is 7.59. The quantitative estimate of drug-likeness (QED) is 0.767. The Labute approximate surface area is 139 Å². The van der Waals surface area contributed by atoms with Crippen LogP contribution >= 0.6 is 0 Å². The number of hydrogen-bond donors (Lipinski definition) is 2. The fourth-order valence-electron chi connectivity index (χ4n) is 2.27. The molecule has 2 rings (SSSR count). The van der Waals surface area contributed by atoms with E-state index in [0.29, 0.717) is 18.8 Å². The summed E-state index contributed by atoms with van der Waals surface area (Å²) in [6.07, 6.45) is -2.57. The van der Waals surface area contributed by atoms with Gasteiger partial charge in [-0.1, -0.05) is 30.3 Å². The van der Waals surface area contributed by atoms with Crippen LogP contribution in [0, 0.1) is 13.8 Å². The van der Waals surface area contributed by atoms with Crippen molar-refractivity contribution in [1.82, 2.24) is 5.32 Å². The third-order valence-electron chi connectivity index (χ3n) is 3.44. The Morgan fingerprint density at radius 2 is 1.79 bits per heavy atom. The van der Waals surface area contributed by atoms with Gasteiger partial charge in [0.05, 0.1) is 6.54 Å². The van der Waals surface area contributed by atoms with E-state index in [2.05, 4.69) is 10.6 Å². The molecule has 0 heterocycles. The van der Waals surface area contributed by atoms with Gasteiger partial charge >= 0.3 is 6.03 Å². The van der Waals surface area contributed by atoms with Crippen molar-refractivity contribution in [1.29, 1.82) is 0 Å². The van der Waals surface area contributed by atoms with E-state index in [1.165, 1.54) is 18.2 Å². The molecule has 6 heteroatoms. The summed E-state index contributed by atoms with van der Waals surface area (Å²) in [6, 6.07) is 11.0. The lowest BCUT2D eigenvalue weighted by molar-refractivity contribution is 0.151. The van der Waals surface area contributed by atoms with E-state index in [-0.39, 0.29) is 5.56 Å². The number of carbonyl (C=O) groups excluding carboxylic acids is 1. The molecule has 0 fully saturated rings. The van der Waals surface area contributed by atoms with Crippen molar-refractivity contribution >= 4 is 11.7 Å². The number of aryl methyl sites for hydroxylation is 2. The minimum Gasteiger partial charge on any atom is -0.491 e.